The highest BCUT2D eigenvalue weighted by molar-refractivity contribution is 8.00. The first-order valence-electron chi connectivity index (χ1n) is 12.8. The Morgan fingerprint density at radius 1 is 0.884 bits per heavy atom. The summed E-state index contributed by atoms with van der Waals surface area (Å²) >= 11 is 2.20. The Hall–Kier alpha value is -5.01. The maximum atomic E-state index is 13.2. The van der Waals surface area contributed by atoms with Crippen LogP contribution in [0, 0.1) is 17.0 Å². The van der Waals surface area contributed by atoms with Gasteiger partial charge in [0.2, 0.25) is 5.91 Å². The van der Waals surface area contributed by atoms with Gasteiger partial charge in [0, 0.05) is 34.0 Å². The van der Waals surface area contributed by atoms with Crippen LogP contribution in [-0.4, -0.2) is 41.0 Å². The van der Waals surface area contributed by atoms with Crippen molar-refractivity contribution in [3.8, 4) is 0 Å². The molecule has 220 valence electrons. The minimum atomic E-state index is -0.681. The Morgan fingerprint density at radius 3 is 2.19 bits per heavy atom. The van der Waals surface area contributed by atoms with Crippen molar-refractivity contribution in [1.82, 2.24) is 0 Å². The van der Waals surface area contributed by atoms with E-state index in [9.17, 15) is 29.3 Å². The van der Waals surface area contributed by atoms with Gasteiger partial charge in [-0.05, 0) is 61.9 Å². The summed E-state index contributed by atoms with van der Waals surface area (Å²) in [7, 11) is 1.22. The van der Waals surface area contributed by atoms with Crippen LogP contribution in [0.3, 0.4) is 0 Å². The van der Waals surface area contributed by atoms with Gasteiger partial charge < -0.3 is 20.7 Å². The Kier molecular flexibility index (Phi) is 9.91. The molecule has 0 bridgehead atoms. The highest BCUT2D eigenvalue weighted by Gasteiger charge is 2.27. The van der Waals surface area contributed by atoms with Crippen LogP contribution in [0.1, 0.15) is 42.9 Å². The number of benzene rings is 3. The average molecular weight is 619 g/mol. The molecule has 4 aromatic rings. The minimum Gasteiger partial charge on any atom is -0.465 e. The van der Waals surface area contributed by atoms with Gasteiger partial charge in [0.25, 0.3) is 17.5 Å². The molecule has 13 heteroatoms. The van der Waals surface area contributed by atoms with Crippen molar-refractivity contribution in [3.05, 3.63) is 111 Å². The number of rotatable bonds is 10. The molecule has 1 unspecified atom stereocenters. The lowest BCUT2D eigenvalue weighted by Gasteiger charge is -2.13. The van der Waals surface area contributed by atoms with Crippen molar-refractivity contribution in [2.24, 2.45) is 0 Å². The van der Waals surface area contributed by atoms with E-state index in [0.717, 1.165) is 11.3 Å². The second-order valence-corrected chi connectivity index (χ2v) is 11.5. The number of nitrogens with zero attached hydrogens (tertiary/aromatic N) is 1. The van der Waals surface area contributed by atoms with Crippen molar-refractivity contribution in [2.75, 3.05) is 23.1 Å². The average Bonchev–Trinajstić information content (AvgIpc) is 3.32. The zero-order chi connectivity index (χ0) is 31.1. The van der Waals surface area contributed by atoms with E-state index in [0.29, 0.717) is 21.8 Å². The fraction of sp³-hybridized carbons (Fsp3) is 0.133. The molecule has 3 amide bonds. The van der Waals surface area contributed by atoms with Gasteiger partial charge in [0.15, 0.2) is 0 Å². The molecule has 3 N–H and O–H groups in total. The SMILES string of the molecule is COC(=O)c1c(NC(=O)C(C)Sc2cccc(NC(=O)c3ccc([N+](=O)[O-])cc3)c2)sc(C(=O)Nc2ccccc2)c1C. The molecular weight excluding hydrogens is 592 g/mol. The van der Waals surface area contributed by atoms with E-state index in [-0.39, 0.29) is 26.7 Å². The molecule has 0 spiro atoms. The number of nitro groups is 1. The van der Waals surface area contributed by atoms with Crippen LogP contribution in [-0.2, 0) is 9.53 Å². The molecule has 3 aromatic carbocycles. The maximum Gasteiger partial charge on any atom is 0.341 e. The summed E-state index contributed by atoms with van der Waals surface area (Å²) < 4.78 is 4.92. The normalized spacial score (nSPS) is 11.2. The smallest absolute Gasteiger partial charge is 0.341 e. The molecule has 0 saturated heterocycles. The first-order valence-corrected chi connectivity index (χ1v) is 14.5. The highest BCUT2D eigenvalue weighted by Crippen LogP contribution is 2.35. The molecule has 0 aliphatic carbocycles. The second kappa shape index (κ2) is 13.8. The molecule has 43 heavy (non-hydrogen) atoms. The number of hydrogen-bond donors (Lipinski definition) is 3. The third-order valence-corrected chi connectivity index (χ3v) is 8.42. The van der Waals surface area contributed by atoms with Crippen molar-refractivity contribution in [1.29, 1.82) is 0 Å². The van der Waals surface area contributed by atoms with Crippen LogP contribution in [0.15, 0.2) is 83.8 Å². The third kappa shape index (κ3) is 7.64. The van der Waals surface area contributed by atoms with E-state index >= 15 is 0 Å². The van der Waals surface area contributed by atoms with E-state index < -0.39 is 33.9 Å². The number of hydrogen-bond acceptors (Lipinski definition) is 9. The lowest BCUT2D eigenvalue weighted by molar-refractivity contribution is -0.384. The van der Waals surface area contributed by atoms with E-state index in [2.05, 4.69) is 16.0 Å². The number of para-hydroxylation sites is 1. The van der Waals surface area contributed by atoms with Crippen molar-refractivity contribution < 1.29 is 28.8 Å². The van der Waals surface area contributed by atoms with Crippen LogP contribution in [0.4, 0.5) is 22.1 Å². The molecule has 0 radical (unpaired) electrons. The number of esters is 1. The quantitative estimate of drug-likeness (QED) is 0.0800. The number of carbonyl (C=O) groups is 4. The predicted molar refractivity (Wildman–Crippen MR) is 166 cm³/mol. The molecule has 0 saturated carbocycles. The molecular formula is C30H26N4O7S2. The number of nitro benzene ring substituents is 1. The molecule has 0 aliphatic heterocycles. The van der Waals surface area contributed by atoms with Crippen LogP contribution >= 0.6 is 23.1 Å². The number of carbonyl (C=O) groups excluding carboxylic acids is 4. The molecule has 1 aromatic heterocycles. The van der Waals surface area contributed by atoms with Gasteiger partial charge in [-0.1, -0.05) is 24.3 Å². The molecule has 1 atom stereocenters. The third-order valence-electron chi connectivity index (χ3n) is 6.13. The summed E-state index contributed by atoms with van der Waals surface area (Å²) in [6.45, 7) is 3.30. The van der Waals surface area contributed by atoms with Crippen molar-refractivity contribution in [2.45, 2.75) is 24.0 Å². The molecule has 0 fully saturated rings. The highest BCUT2D eigenvalue weighted by atomic mass is 32.2. The number of nitrogens with one attached hydrogen (secondary N) is 3. The van der Waals surface area contributed by atoms with E-state index in [1.807, 2.05) is 6.07 Å². The van der Waals surface area contributed by atoms with E-state index in [4.69, 9.17) is 4.74 Å². The van der Waals surface area contributed by atoms with Crippen LogP contribution < -0.4 is 16.0 Å². The zero-order valence-corrected chi connectivity index (χ0v) is 24.8. The maximum absolute atomic E-state index is 13.2. The Balaban J connectivity index is 1.45. The van der Waals surface area contributed by atoms with Crippen LogP contribution in [0.25, 0.3) is 0 Å². The molecule has 11 nitrogen and oxygen atoms in total. The number of thiophene rings is 1. The lowest BCUT2D eigenvalue weighted by atomic mass is 10.1. The van der Waals surface area contributed by atoms with Gasteiger partial charge in [-0.15, -0.1) is 23.1 Å². The number of non-ortho nitro benzene ring substituents is 1. The second-order valence-electron chi connectivity index (χ2n) is 9.11. The van der Waals surface area contributed by atoms with E-state index in [1.54, 1.807) is 62.4 Å². The summed E-state index contributed by atoms with van der Waals surface area (Å²) in [4.78, 5) is 62.6. The zero-order valence-electron chi connectivity index (χ0n) is 23.2. The molecule has 1 heterocycles. The Labute approximate surface area is 254 Å². The number of thioether (sulfide) groups is 1. The largest absolute Gasteiger partial charge is 0.465 e. The van der Waals surface area contributed by atoms with Gasteiger partial charge in [0.05, 0.1) is 27.7 Å². The summed E-state index contributed by atoms with van der Waals surface area (Å²) in [5.74, 6) is -1.96. The lowest BCUT2D eigenvalue weighted by Crippen LogP contribution is -2.23. The first-order chi connectivity index (χ1) is 20.6. The predicted octanol–water partition coefficient (Wildman–Crippen LogP) is 6.38. The monoisotopic (exact) mass is 618 g/mol. The van der Waals surface area contributed by atoms with E-state index in [1.165, 1.54) is 43.1 Å². The number of anilines is 3. The van der Waals surface area contributed by atoms with Crippen LogP contribution in [0.5, 0.6) is 0 Å². The summed E-state index contributed by atoms with van der Waals surface area (Å²) in [5, 5.41) is 18.7. The van der Waals surface area contributed by atoms with Crippen molar-refractivity contribution in [3.63, 3.8) is 0 Å². The standard InChI is InChI=1S/C30H26N4O7S2/c1-17-24(30(38)41-3)29(43-25(17)28(37)31-20-8-5-4-6-9-20)33-26(35)18(2)42-23-11-7-10-21(16-23)32-27(36)19-12-14-22(15-13-19)34(39)40/h4-16,18H,1-3H3,(H,31,37)(H,32,36)(H,33,35). The number of amides is 3. The summed E-state index contributed by atoms with van der Waals surface area (Å²) in [6, 6.07) is 21.0. The number of methoxy groups -OCH3 is 1. The van der Waals surface area contributed by atoms with Crippen LogP contribution in [0.2, 0.25) is 0 Å². The summed E-state index contributed by atoms with van der Waals surface area (Å²) in [6.07, 6.45) is 0. The molecule has 4 rings (SSSR count). The minimum absolute atomic E-state index is 0.104. The first kappa shape index (κ1) is 30.9. The topological polar surface area (TPSA) is 157 Å². The summed E-state index contributed by atoms with van der Waals surface area (Å²) in [5.41, 5.74) is 1.68. The number of ether oxygens (including phenoxy) is 1. The molecule has 0 aliphatic rings. The Bertz CT molecular complexity index is 1690. The van der Waals surface area contributed by atoms with Gasteiger partial charge in [-0.25, -0.2) is 4.79 Å². The van der Waals surface area contributed by atoms with Crippen molar-refractivity contribution >= 4 is 68.9 Å². The van der Waals surface area contributed by atoms with Gasteiger partial charge >= 0.3 is 5.97 Å². The van der Waals surface area contributed by atoms with Gasteiger partial charge in [-0.3, -0.25) is 24.5 Å². The van der Waals surface area contributed by atoms with Gasteiger partial charge in [-0.2, -0.15) is 0 Å². The Morgan fingerprint density at radius 2 is 1.53 bits per heavy atom. The fourth-order valence-corrected chi connectivity index (χ4v) is 5.95. The fourth-order valence-electron chi connectivity index (χ4n) is 3.93. The van der Waals surface area contributed by atoms with Gasteiger partial charge in [0.1, 0.15) is 5.00 Å².